The maximum atomic E-state index is 11.7. The fourth-order valence-corrected chi connectivity index (χ4v) is 2.60. The third kappa shape index (κ3) is 2.74. The number of methoxy groups -OCH3 is 1. The Balaban J connectivity index is 2.26. The molecule has 0 saturated heterocycles. The number of halogens is 1. The van der Waals surface area contributed by atoms with Crippen molar-refractivity contribution in [1.82, 2.24) is 4.98 Å². The molecular formula is C12H14INO4. The molecule has 1 N–H and O–H groups in total. The van der Waals surface area contributed by atoms with E-state index in [1.165, 1.54) is 7.11 Å². The molecule has 0 aliphatic heterocycles. The van der Waals surface area contributed by atoms with Crippen LogP contribution in [0.4, 0.5) is 0 Å². The number of pyridine rings is 1. The van der Waals surface area contributed by atoms with Gasteiger partial charge in [0.05, 0.1) is 13.2 Å². The van der Waals surface area contributed by atoms with E-state index in [0.29, 0.717) is 5.56 Å². The highest BCUT2D eigenvalue weighted by Gasteiger charge is 2.29. The molecule has 2 atom stereocenters. The zero-order chi connectivity index (χ0) is 13.1. The first-order valence-electron chi connectivity index (χ1n) is 5.71. The van der Waals surface area contributed by atoms with Gasteiger partial charge in [-0.2, -0.15) is 0 Å². The van der Waals surface area contributed by atoms with Gasteiger partial charge in [-0.3, -0.25) is 0 Å². The van der Waals surface area contributed by atoms with Crippen molar-refractivity contribution in [2.45, 2.75) is 31.5 Å². The Labute approximate surface area is 119 Å². The Hall–Kier alpha value is -0.890. The van der Waals surface area contributed by atoms with Gasteiger partial charge < -0.3 is 14.6 Å². The van der Waals surface area contributed by atoms with Gasteiger partial charge in [0.15, 0.2) is 0 Å². The number of nitrogens with zero attached hydrogens (tertiary/aromatic N) is 1. The zero-order valence-corrected chi connectivity index (χ0v) is 12.1. The summed E-state index contributed by atoms with van der Waals surface area (Å²) in [7, 11) is 1.32. The molecule has 1 aliphatic rings. The van der Waals surface area contributed by atoms with E-state index < -0.39 is 12.1 Å². The summed E-state index contributed by atoms with van der Waals surface area (Å²) >= 11 is 2.03. The van der Waals surface area contributed by atoms with E-state index in [2.05, 4.69) is 4.98 Å². The summed E-state index contributed by atoms with van der Waals surface area (Å²) in [6.07, 6.45) is 3.21. The quantitative estimate of drug-likeness (QED) is 0.655. The van der Waals surface area contributed by atoms with Gasteiger partial charge in [-0.05, 0) is 47.9 Å². The maximum absolute atomic E-state index is 11.7. The number of aliphatic hydroxyl groups excluding tert-OH is 1. The molecule has 98 valence electrons. The first-order valence-corrected chi connectivity index (χ1v) is 6.79. The van der Waals surface area contributed by atoms with Gasteiger partial charge in [0.25, 0.3) is 0 Å². The molecule has 1 aliphatic carbocycles. The lowest BCUT2D eigenvalue weighted by molar-refractivity contribution is 0.0501. The number of hydrogen-bond donors (Lipinski definition) is 1. The van der Waals surface area contributed by atoms with Gasteiger partial charge in [0.1, 0.15) is 11.7 Å². The molecular weight excluding hydrogens is 349 g/mol. The number of aliphatic hydroxyl groups is 1. The average molecular weight is 363 g/mol. The van der Waals surface area contributed by atoms with Crippen molar-refractivity contribution in [2.75, 3.05) is 7.11 Å². The van der Waals surface area contributed by atoms with Gasteiger partial charge in [-0.1, -0.05) is 0 Å². The van der Waals surface area contributed by atoms with Crippen LogP contribution in [0.1, 0.15) is 29.6 Å². The molecule has 0 radical (unpaired) electrons. The number of carbonyl (C=O) groups excluding carboxylic acids is 1. The van der Waals surface area contributed by atoms with E-state index in [1.807, 2.05) is 22.6 Å². The monoisotopic (exact) mass is 363 g/mol. The Kier molecular flexibility index (Phi) is 4.39. The molecule has 0 spiro atoms. The molecule has 18 heavy (non-hydrogen) atoms. The summed E-state index contributed by atoms with van der Waals surface area (Å²) in [5, 5.41) is 9.74. The summed E-state index contributed by atoms with van der Waals surface area (Å²) in [6.45, 7) is 0. The molecule has 1 heterocycles. The summed E-state index contributed by atoms with van der Waals surface area (Å²) < 4.78 is 11.1. The SMILES string of the molecule is COC(=O)c1c(I)ccnc1O[C@H]1CCC[C@@H]1O. The minimum Gasteiger partial charge on any atom is -0.471 e. The normalized spacial score (nSPS) is 22.8. The molecule has 1 fully saturated rings. The summed E-state index contributed by atoms with van der Waals surface area (Å²) in [5.74, 6) is -0.241. The van der Waals surface area contributed by atoms with E-state index in [4.69, 9.17) is 9.47 Å². The van der Waals surface area contributed by atoms with E-state index in [0.717, 1.165) is 22.8 Å². The number of ether oxygens (including phenoxy) is 2. The van der Waals surface area contributed by atoms with Crippen LogP contribution in [-0.2, 0) is 4.74 Å². The minimum atomic E-state index is -0.491. The van der Waals surface area contributed by atoms with Crippen LogP contribution in [0.15, 0.2) is 12.3 Å². The first kappa shape index (κ1) is 13.5. The highest BCUT2D eigenvalue weighted by atomic mass is 127. The molecule has 0 amide bonds. The van der Waals surface area contributed by atoms with Crippen LogP contribution in [0.2, 0.25) is 0 Å². The molecule has 0 unspecified atom stereocenters. The van der Waals surface area contributed by atoms with E-state index in [-0.39, 0.29) is 12.0 Å². The van der Waals surface area contributed by atoms with Crippen LogP contribution in [0, 0.1) is 3.57 Å². The predicted molar refractivity (Wildman–Crippen MR) is 72.6 cm³/mol. The third-order valence-electron chi connectivity index (χ3n) is 2.94. The van der Waals surface area contributed by atoms with E-state index in [1.54, 1.807) is 12.3 Å². The van der Waals surface area contributed by atoms with E-state index >= 15 is 0 Å². The van der Waals surface area contributed by atoms with Crippen molar-refractivity contribution in [3.8, 4) is 5.88 Å². The average Bonchev–Trinajstić information content (AvgIpc) is 2.74. The van der Waals surface area contributed by atoms with Crippen LogP contribution in [0.25, 0.3) is 0 Å². The number of rotatable bonds is 3. The van der Waals surface area contributed by atoms with Gasteiger partial charge in [0.2, 0.25) is 5.88 Å². The largest absolute Gasteiger partial charge is 0.471 e. The number of carbonyl (C=O) groups is 1. The second-order valence-electron chi connectivity index (χ2n) is 4.12. The van der Waals surface area contributed by atoms with Gasteiger partial charge in [0, 0.05) is 9.77 Å². The molecule has 1 saturated carbocycles. The van der Waals surface area contributed by atoms with Gasteiger partial charge >= 0.3 is 5.97 Å². The molecule has 1 aromatic heterocycles. The Morgan fingerprint density at radius 2 is 2.33 bits per heavy atom. The Bertz CT molecular complexity index is 452. The number of hydrogen-bond acceptors (Lipinski definition) is 5. The van der Waals surface area contributed by atoms with Crippen molar-refractivity contribution in [2.24, 2.45) is 0 Å². The van der Waals surface area contributed by atoms with Crippen molar-refractivity contribution in [1.29, 1.82) is 0 Å². The second-order valence-corrected chi connectivity index (χ2v) is 5.28. The summed E-state index contributed by atoms with van der Waals surface area (Å²) in [4.78, 5) is 15.8. The van der Waals surface area contributed by atoms with Gasteiger partial charge in [-0.25, -0.2) is 9.78 Å². The summed E-state index contributed by atoms with van der Waals surface area (Å²) in [5.41, 5.74) is 0.319. The van der Waals surface area contributed by atoms with Crippen LogP contribution in [0.3, 0.4) is 0 Å². The predicted octanol–water partition coefficient (Wildman–Crippen LogP) is 1.77. The van der Waals surface area contributed by atoms with E-state index in [9.17, 15) is 9.90 Å². The highest BCUT2D eigenvalue weighted by Crippen LogP contribution is 2.28. The highest BCUT2D eigenvalue weighted by molar-refractivity contribution is 14.1. The minimum absolute atomic E-state index is 0.236. The molecule has 6 heteroatoms. The van der Waals surface area contributed by atoms with Crippen LogP contribution in [0.5, 0.6) is 5.88 Å². The lowest BCUT2D eigenvalue weighted by Gasteiger charge is -2.18. The van der Waals surface area contributed by atoms with Crippen molar-refractivity contribution in [3.63, 3.8) is 0 Å². The van der Waals surface area contributed by atoms with Crippen LogP contribution in [-0.4, -0.2) is 35.4 Å². The second kappa shape index (κ2) is 5.83. The van der Waals surface area contributed by atoms with Gasteiger partial charge in [-0.15, -0.1) is 0 Å². The summed E-state index contributed by atoms with van der Waals surface area (Å²) in [6, 6.07) is 1.71. The number of esters is 1. The van der Waals surface area contributed by atoms with Crippen molar-refractivity contribution < 1.29 is 19.4 Å². The number of aromatic nitrogens is 1. The first-order chi connectivity index (χ1) is 8.63. The smallest absolute Gasteiger partial charge is 0.344 e. The Morgan fingerprint density at radius 1 is 1.56 bits per heavy atom. The van der Waals surface area contributed by atoms with Crippen LogP contribution < -0.4 is 4.74 Å². The Morgan fingerprint density at radius 3 is 2.94 bits per heavy atom. The maximum Gasteiger partial charge on any atom is 0.344 e. The fraction of sp³-hybridized carbons (Fsp3) is 0.500. The molecule has 2 rings (SSSR count). The zero-order valence-electron chi connectivity index (χ0n) is 9.93. The third-order valence-corrected chi connectivity index (χ3v) is 3.83. The molecule has 0 aromatic carbocycles. The fourth-order valence-electron chi connectivity index (χ4n) is 1.98. The standard InChI is InChI=1S/C12H14INO4/c1-17-12(16)10-7(13)5-6-14-11(10)18-9-4-2-3-8(9)15/h5-6,8-9,15H,2-4H2,1H3/t8-,9-/m0/s1. The topological polar surface area (TPSA) is 68.7 Å². The lowest BCUT2D eigenvalue weighted by atomic mass is 10.2. The molecule has 1 aromatic rings. The molecule has 0 bridgehead atoms. The van der Waals surface area contributed by atoms with Crippen molar-refractivity contribution >= 4 is 28.6 Å². The van der Waals surface area contributed by atoms with Crippen LogP contribution >= 0.6 is 22.6 Å². The van der Waals surface area contributed by atoms with Crippen molar-refractivity contribution in [3.05, 3.63) is 21.4 Å². The molecule has 5 nitrogen and oxygen atoms in total. The lowest BCUT2D eigenvalue weighted by Crippen LogP contribution is -2.27.